The Bertz CT molecular complexity index is 440. The maximum atomic E-state index is 4.46. The summed E-state index contributed by atoms with van der Waals surface area (Å²) >= 11 is 0. The zero-order chi connectivity index (χ0) is 13.9. The molecule has 0 aromatic carbocycles. The molecule has 0 aliphatic heterocycles. The van der Waals surface area contributed by atoms with Gasteiger partial charge in [-0.25, -0.2) is 9.97 Å². The summed E-state index contributed by atoms with van der Waals surface area (Å²) in [5.41, 5.74) is 1.22. The van der Waals surface area contributed by atoms with Crippen LogP contribution in [0, 0.1) is 17.8 Å². The maximum absolute atomic E-state index is 4.46. The third-order valence-electron chi connectivity index (χ3n) is 4.60. The minimum Gasteiger partial charge on any atom is -0.370 e. The summed E-state index contributed by atoms with van der Waals surface area (Å²) in [7, 11) is 0. The molecule has 0 unspecified atom stereocenters. The molecule has 1 aromatic rings. The lowest BCUT2D eigenvalue weighted by Gasteiger charge is -2.19. The van der Waals surface area contributed by atoms with Gasteiger partial charge in [0.15, 0.2) is 0 Å². The summed E-state index contributed by atoms with van der Waals surface area (Å²) in [6.45, 7) is 6.26. The Labute approximate surface area is 121 Å². The van der Waals surface area contributed by atoms with Gasteiger partial charge in [-0.1, -0.05) is 6.92 Å². The van der Waals surface area contributed by atoms with Gasteiger partial charge in [0.1, 0.15) is 18.0 Å². The second-order valence-electron chi connectivity index (χ2n) is 6.15. The van der Waals surface area contributed by atoms with Crippen molar-refractivity contribution in [2.24, 2.45) is 17.8 Å². The number of hydrogen-bond acceptors (Lipinski definition) is 4. The molecule has 0 radical (unpaired) electrons. The SMILES string of the molecule is CCNc1ncnc(NCC(C2CC2)C2CC2)c1CC. The highest BCUT2D eigenvalue weighted by Crippen LogP contribution is 2.49. The van der Waals surface area contributed by atoms with Crippen LogP contribution in [-0.2, 0) is 6.42 Å². The van der Waals surface area contributed by atoms with E-state index in [0.717, 1.165) is 48.9 Å². The summed E-state index contributed by atoms with van der Waals surface area (Å²) in [6, 6.07) is 0. The zero-order valence-corrected chi connectivity index (χ0v) is 12.7. The van der Waals surface area contributed by atoms with E-state index in [1.807, 2.05) is 0 Å². The first-order valence-corrected chi connectivity index (χ1v) is 8.15. The first-order valence-electron chi connectivity index (χ1n) is 8.15. The summed E-state index contributed by atoms with van der Waals surface area (Å²) in [6.07, 6.45) is 8.39. The van der Waals surface area contributed by atoms with Crippen molar-refractivity contribution < 1.29 is 0 Å². The van der Waals surface area contributed by atoms with Crippen molar-refractivity contribution in [3.05, 3.63) is 11.9 Å². The Morgan fingerprint density at radius 2 is 1.65 bits per heavy atom. The number of rotatable bonds is 8. The molecule has 2 aliphatic rings. The third-order valence-corrected chi connectivity index (χ3v) is 4.60. The van der Waals surface area contributed by atoms with Gasteiger partial charge in [-0.3, -0.25) is 0 Å². The molecule has 110 valence electrons. The van der Waals surface area contributed by atoms with Gasteiger partial charge in [-0.15, -0.1) is 0 Å². The van der Waals surface area contributed by atoms with Crippen LogP contribution in [0.5, 0.6) is 0 Å². The molecule has 4 heteroatoms. The van der Waals surface area contributed by atoms with Crippen molar-refractivity contribution >= 4 is 11.6 Å². The minimum absolute atomic E-state index is 0.872. The molecule has 4 nitrogen and oxygen atoms in total. The molecule has 2 saturated carbocycles. The fourth-order valence-electron chi connectivity index (χ4n) is 3.20. The largest absolute Gasteiger partial charge is 0.370 e. The summed E-state index contributed by atoms with van der Waals surface area (Å²) < 4.78 is 0. The topological polar surface area (TPSA) is 49.8 Å². The predicted octanol–water partition coefficient (Wildman–Crippen LogP) is 3.32. The molecule has 0 atom stereocenters. The van der Waals surface area contributed by atoms with E-state index in [1.165, 1.54) is 31.2 Å². The van der Waals surface area contributed by atoms with Gasteiger partial charge in [0.05, 0.1) is 0 Å². The van der Waals surface area contributed by atoms with Gasteiger partial charge in [-0.2, -0.15) is 0 Å². The van der Waals surface area contributed by atoms with Crippen LogP contribution in [0.1, 0.15) is 45.1 Å². The van der Waals surface area contributed by atoms with Crippen LogP contribution in [0.2, 0.25) is 0 Å². The molecule has 3 rings (SSSR count). The van der Waals surface area contributed by atoms with E-state index in [4.69, 9.17) is 0 Å². The highest BCUT2D eigenvalue weighted by Gasteiger charge is 2.41. The summed E-state index contributed by atoms with van der Waals surface area (Å²) in [5.74, 6) is 4.86. The van der Waals surface area contributed by atoms with E-state index < -0.39 is 0 Å². The van der Waals surface area contributed by atoms with Crippen molar-refractivity contribution in [3.8, 4) is 0 Å². The number of hydrogen-bond donors (Lipinski definition) is 2. The Balaban J connectivity index is 1.67. The van der Waals surface area contributed by atoms with Gasteiger partial charge in [-0.05, 0) is 56.8 Å². The van der Waals surface area contributed by atoms with Crippen molar-refractivity contribution in [1.29, 1.82) is 0 Å². The maximum Gasteiger partial charge on any atom is 0.134 e. The molecule has 0 saturated heterocycles. The average molecular weight is 274 g/mol. The Morgan fingerprint density at radius 3 is 2.15 bits per heavy atom. The zero-order valence-electron chi connectivity index (χ0n) is 12.7. The van der Waals surface area contributed by atoms with Gasteiger partial charge < -0.3 is 10.6 Å². The van der Waals surface area contributed by atoms with Crippen LogP contribution >= 0.6 is 0 Å². The first kappa shape index (κ1) is 13.7. The standard InChI is InChI=1S/C16H26N4/c1-3-13-15(17-4-2)19-10-20-16(13)18-9-14(11-5-6-11)12-7-8-12/h10-12,14H,3-9H2,1-2H3,(H2,17,18,19,20). The molecule has 2 fully saturated rings. The molecule has 0 bridgehead atoms. The molecule has 0 spiro atoms. The van der Waals surface area contributed by atoms with Crippen LogP contribution in [-0.4, -0.2) is 23.1 Å². The number of nitrogens with zero attached hydrogens (tertiary/aromatic N) is 2. The molecule has 20 heavy (non-hydrogen) atoms. The van der Waals surface area contributed by atoms with Gasteiger partial charge in [0.2, 0.25) is 0 Å². The third kappa shape index (κ3) is 3.05. The first-order chi connectivity index (χ1) is 9.83. The molecule has 0 amide bonds. The normalized spacial score (nSPS) is 18.4. The molecule has 1 heterocycles. The quantitative estimate of drug-likeness (QED) is 0.763. The molecular weight excluding hydrogens is 248 g/mol. The van der Waals surface area contributed by atoms with E-state index in [1.54, 1.807) is 6.33 Å². The van der Waals surface area contributed by atoms with Crippen LogP contribution in [0.25, 0.3) is 0 Å². The van der Waals surface area contributed by atoms with Crippen molar-refractivity contribution in [2.75, 3.05) is 23.7 Å². The second kappa shape index (κ2) is 5.98. The lowest BCUT2D eigenvalue weighted by molar-refractivity contribution is 0.427. The number of nitrogens with one attached hydrogen (secondary N) is 2. The lowest BCUT2D eigenvalue weighted by Crippen LogP contribution is -2.20. The van der Waals surface area contributed by atoms with Gasteiger partial charge >= 0.3 is 0 Å². The van der Waals surface area contributed by atoms with Crippen LogP contribution in [0.4, 0.5) is 11.6 Å². The monoisotopic (exact) mass is 274 g/mol. The molecule has 2 N–H and O–H groups in total. The molecular formula is C16H26N4. The second-order valence-corrected chi connectivity index (χ2v) is 6.15. The van der Waals surface area contributed by atoms with E-state index in [2.05, 4.69) is 34.4 Å². The van der Waals surface area contributed by atoms with E-state index >= 15 is 0 Å². The van der Waals surface area contributed by atoms with Crippen LogP contribution < -0.4 is 10.6 Å². The minimum atomic E-state index is 0.872. The summed E-state index contributed by atoms with van der Waals surface area (Å²) in [4.78, 5) is 8.82. The smallest absolute Gasteiger partial charge is 0.134 e. The Hall–Kier alpha value is -1.32. The number of aromatic nitrogens is 2. The van der Waals surface area contributed by atoms with Gasteiger partial charge in [0, 0.05) is 18.7 Å². The van der Waals surface area contributed by atoms with E-state index in [-0.39, 0.29) is 0 Å². The van der Waals surface area contributed by atoms with Crippen molar-refractivity contribution in [2.45, 2.75) is 46.0 Å². The highest BCUT2D eigenvalue weighted by molar-refractivity contribution is 5.57. The fourth-order valence-corrected chi connectivity index (χ4v) is 3.20. The highest BCUT2D eigenvalue weighted by atomic mass is 15.1. The Kier molecular flexibility index (Phi) is 4.08. The predicted molar refractivity (Wildman–Crippen MR) is 83.0 cm³/mol. The van der Waals surface area contributed by atoms with Crippen molar-refractivity contribution in [1.82, 2.24) is 9.97 Å². The van der Waals surface area contributed by atoms with Crippen LogP contribution in [0.3, 0.4) is 0 Å². The summed E-state index contributed by atoms with van der Waals surface area (Å²) in [5, 5.41) is 6.95. The van der Waals surface area contributed by atoms with Crippen molar-refractivity contribution in [3.63, 3.8) is 0 Å². The van der Waals surface area contributed by atoms with Gasteiger partial charge in [0.25, 0.3) is 0 Å². The average Bonchev–Trinajstić information content (AvgIpc) is 3.33. The molecule has 1 aromatic heterocycles. The Morgan fingerprint density at radius 1 is 1.05 bits per heavy atom. The lowest BCUT2D eigenvalue weighted by atomic mass is 9.98. The van der Waals surface area contributed by atoms with E-state index in [0.29, 0.717) is 0 Å². The van der Waals surface area contributed by atoms with Crippen LogP contribution in [0.15, 0.2) is 6.33 Å². The fraction of sp³-hybridized carbons (Fsp3) is 0.750. The molecule has 2 aliphatic carbocycles. The van der Waals surface area contributed by atoms with E-state index in [9.17, 15) is 0 Å². The number of anilines is 2.